The third-order valence-corrected chi connectivity index (χ3v) is 6.03. The first-order valence-electron chi connectivity index (χ1n) is 11.5. The fourth-order valence-corrected chi connectivity index (χ4v) is 4.41. The molecular formula is C22H40IN5O2. The van der Waals surface area contributed by atoms with E-state index in [9.17, 15) is 0 Å². The Morgan fingerprint density at radius 3 is 2.57 bits per heavy atom. The maximum atomic E-state index is 6.12. The Balaban J connectivity index is 0.00000320. The fourth-order valence-electron chi connectivity index (χ4n) is 4.41. The third-order valence-electron chi connectivity index (χ3n) is 6.03. The monoisotopic (exact) mass is 533 g/mol. The number of hydrogen-bond acceptors (Lipinski definition) is 4. The van der Waals surface area contributed by atoms with Crippen LogP contribution in [0.1, 0.15) is 63.4 Å². The van der Waals surface area contributed by atoms with Crippen molar-refractivity contribution < 1.29 is 9.47 Å². The molecule has 1 aromatic rings. The van der Waals surface area contributed by atoms with Crippen molar-refractivity contribution in [1.29, 1.82) is 0 Å². The zero-order valence-electron chi connectivity index (χ0n) is 19.2. The van der Waals surface area contributed by atoms with E-state index >= 15 is 0 Å². The van der Waals surface area contributed by atoms with Crippen molar-refractivity contribution >= 4 is 29.9 Å². The van der Waals surface area contributed by atoms with Crippen molar-refractivity contribution in [2.75, 3.05) is 32.8 Å². The predicted octanol–water partition coefficient (Wildman–Crippen LogP) is 3.29. The van der Waals surface area contributed by atoms with Gasteiger partial charge in [0.15, 0.2) is 5.96 Å². The highest BCUT2D eigenvalue weighted by Crippen LogP contribution is 2.19. The first kappa shape index (κ1) is 25.4. The van der Waals surface area contributed by atoms with Gasteiger partial charge in [-0.1, -0.05) is 13.8 Å². The fraction of sp³-hybridized carbons (Fsp3) is 0.818. The minimum absolute atomic E-state index is 0. The van der Waals surface area contributed by atoms with E-state index in [0.29, 0.717) is 18.8 Å². The smallest absolute Gasteiger partial charge is 0.194 e. The maximum Gasteiger partial charge on any atom is 0.194 e. The Bertz CT molecular complexity index is 665. The highest BCUT2D eigenvalue weighted by Gasteiger charge is 2.24. The van der Waals surface area contributed by atoms with E-state index in [4.69, 9.17) is 14.5 Å². The topological polar surface area (TPSA) is 63.9 Å². The summed E-state index contributed by atoms with van der Waals surface area (Å²) in [4.78, 5) is 7.37. The lowest BCUT2D eigenvalue weighted by Gasteiger charge is -2.34. The molecule has 1 unspecified atom stereocenters. The lowest BCUT2D eigenvalue weighted by molar-refractivity contribution is -0.0367. The van der Waals surface area contributed by atoms with Crippen LogP contribution in [0, 0.1) is 0 Å². The summed E-state index contributed by atoms with van der Waals surface area (Å²) in [7, 11) is 2.04. The van der Waals surface area contributed by atoms with Crippen molar-refractivity contribution in [3.05, 3.63) is 17.0 Å². The molecule has 3 rings (SSSR count). The molecule has 2 saturated heterocycles. The maximum absolute atomic E-state index is 6.12. The molecule has 0 spiro atoms. The molecule has 3 heterocycles. The van der Waals surface area contributed by atoms with Crippen LogP contribution < -0.4 is 5.32 Å². The Kier molecular flexibility index (Phi) is 10.9. The Morgan fingerprint density at radius 2 is 1.97 bits per heavy atom. The highest BCUT2D eigenvalue weighted by molar-refractivity contribution is 14.0. The third kappa shape index (κ3) is 6.56. The molecule has 2 aliphatic rings. The zero-order valence-corrected chi connectivity index (χ0v) is 21.5. The van der Waals surface area contributed by atoms with Gasteiger partial charge in [-0.2, -0.15) is 5.10 Å². The van der Waals surface area contributed by atoms with Gasteiger partial charge in [0.2, 0.25) is 0 Å². The molecule has 1 N–H and O–H groups in total. The van der Waals surface area contributed by atoms with Crippen molar-refractivity contribution in [3.63, 3.8) is 0 Å². The first-order chi connectivity index (χ1) is 14.2. The van der Waals surface area contributed by atoms with E-state index in [2.05, 4.69) is 36.1 Å². The molecule has 0 bridgehead atoms. The molecular weight excluding hydrogens is 493 g/mol. The van der Waals surface area contributed by atoms with Gasteiger partial charge in [-0.25, -0.2) is 4.99 Å². The molecule has 30 heavy (non-hydrogen) atoms. The summed E-state index contributed by atoms with van der Waals surface area (Å²) in [6.07, 6.45) is 6.99. The van der Waals surface area contributed by atoms with Crippen LogP contribution in [0.5, 0.6) is 0 Å². The van der Waals surface area contributed by atoms with Crippen LogP contribution in [0.2, 0.25) is 0 Å². The van der Waals surface area contributed by atoms with Crippen molar-refractivity contribution in [1.82, 2.24) is 20.0 Å². The molecule has 0 radical (unpaired) electrons. The number of aliphatic imine (C=N–C) groups is 1. The van der Waals surface area contributed by atoms with E-state index in [-0.39, 0.29) is 24.0 Å². The van der Waals surface area contributed by atoms with Crippen LogP contribution in [0.4, 0.5) is 0 Å². The molecule has 2 aliphatic heterocycles. The lowest BCUT2D eigenvalue weighted by Crippen LogP contribution is -2.47. The average molecular weight is 533 g/mol. The Labute approximate surface area is 199 Å². The van der Waals surface area contributed by atoms with Gasteiger partial charge >= 0.3 is 0 Å². The van der Waals surface area contributed by atoms with Gasteiger partial charge in [-0.15, -0.1) is 24.0 Å². The SMILES string of the molecule is CCNC(=NCc1c(CC)nn(C)c1CC)N1CCC(OCC2CCCO2)CC1.I. The van der Waals surface area contributed by atoms with Crippen molar-refractivity contribution in [2.24, 2.45) is 12.0 Å². The van der Waals surface area contributed by atoms with Crippen LogP contribution in [0.15, 0.2) is 4.99 Å². The normalized spacial score (nSPS) is 20.5. The molecule has 0 aromatic carbocycles. The summed E-state index contributed by atoms with van der Waals surface area (Å²) in [6, 6.07) is 0. The van der Waals surface area contributed by atoms with E-state index in [1.807, 2.05) is 11.7 Å². The van der Waals surface area contributed by atoms with Crippen molar-refractivity contribution in [3.8, 4) is 0 Å². The second-order valence-electron chi connectivity index (χ2n) is 8.03. The number of nitrogens with zero attached hydrogens (tertiary/aromatic N) is 4. The predicted molar refractivity (Wildman–Crippen MR) is 132 cm³/mol. The molecule has 1 atom stereocenters. The summed E-state index contributed by atoms with van der Waals surface area (Å²) in [5.41, 5.74) is 3.76. The molecule has 1 aromatic heterocycles. The van der Waals surface area contributed by atoms with Gasteiger partial charge in [0.25, 0.3) is 0 Å². The van der Waals surface area contributed by atoms with Gasteiger partial charge in [0, 0.05) is 44.5 Å². The summed E-state index contributed by atoms with van der Waals surface area (Å²) in [5.74, 6) is 1.01. The van der Waals surface area contributed by atoms with Gasteiger partial charge in [-0.05, 0) is 45.4 Å². The van der Waals surface area contributed by atoms with E-state index < -0.39 is 0 Å². The molecule has 172 valence electrons. The van der Waals surface area contributed by atoms with E-state index in [1.165, 1.54) is 23.4 Å². The summed E-state index contributed by atoms with van der Waals surface area (Å²) in [6.45, 7) is 11.7. The quantitative estimate of drug-likeness (QED) is 0.316. The molecule has 2 fully saturated rings. The Hall–Kier alpha value is -0.870. The van der Waals surface area contributed by atoms with E-state index in [1.54, 1.807) is 0 Å². The number of aromatic nitrogens is 2. The number of likely N-dealkylation sites (tertiary alicyclic amines) is 1. The summed E-state index contributed by atoms with van der Waals surface area (Å²) >= 11 is 0. The molecule has 0 amide bonds. The molecule has 0 saturated carbocycles. The van der Waals surface area contributed by atoms with Gasteiger partial charge in [0.1, 0.15) is 0 Å². The van der Waals surface area contributed by atoms with Gasteiger partial charge in [-0.3, -0.25) is 4.68 Å². The number of nitrogens with one attached hydrogen (secondary N) is 1. The number of hydrogen-bond donors (Lipinski definition) is 1. The number of piperidine rings is 1. The Morgan fingerprint density at radius 1 is 1.20 bits per heavy atom. The van der Waals surface area contributed by atoms with Crippen LogP contribution in [-0.2, 0) is 35.9 Å². The van der Waals surface area contributed by atoms with E-state index in [0.717, 1.165) is 70.9 Å². The second kappa shape index (κ2) is 12.9. The van der Waals surface area contributed by atoms with Crippen LogP contribution in [-0.4, -0.2) is 65.7 Å². The van der Waals surface area contributed by atoms with Gasteiger partial charge < -0.3 is 19.7 Å². The highest BCUT2D eigenvalue weighted by atomic mass is 127. The molecule has 7 nitrogen and oxygen atoms in total. The molecule has 0 aliphatic carbocycles. The standard InChI is InChI=1S/C22H39N5O2.HI/c1-5-20-19(21(6-2)26(4)25-20)15-24-22(23-7-3)27-12-10-17(11-13-27)29-16-18-9-8-14-28-18;/h17-18H,5-16H2,1-4H3,(H,23,24);1H. The summed E-state index contributed by atoms with van der Waals surface area (Å²) in [5, 5.41) is 8.17. The zero-order chi connectivity index (χ0) is 20.6. The number of aryl methyl sites for hydroxylation is 2. The second-order valence-corrected chi connectivity index (χ2v) is 8.03. The average Bonchev–Trinajstić information content (AvgIpc) is 3.37. The minimum atomic E-state index is 0. The van der Waals surface area contributed by atoms with Crippen molar-refractivity contribution in [2.45, 2.75) is 78.0 Å². The number of guanidine groups is 1. The number of ether oxygens (including phenoxy) is 2. The largest absolute Gasteiger partial charge is 0.376 e. The first-order valence-corrected chi connectivity index (χ1v) is 11.5. The lowest BCUT2D eigenvalue weighted by atomic mass is 10.1. The molecule has 8 heteroatoms. The number of halogens is 1. The van der Waals surface area contributed by atoms with Crippen LogP contribution in [0.3, 0.4) is 0 Å². The minimum Gasteiger partial charge on any atom is -0.376 e. The summed E-state index contributed by atoms with van der Waals surface area (Å²) < 4.78 is 13.8. The number of rotatable bonds is 8. The van der Waals surface area contributed by atoms with Crippen LogP contribution >= 0.6 is 24.0 Å². The van der Waals surface area contributed by atoms with Crippen LogP contribution in [0.25, 0.3) is 0 Å². The van der Waals surface area contributed by atoms with Gasteiger partial charge in [0.05, 0.1) is 31.1 Å².